The zero-order chi connectivity index (χ0) is 17.3. The molecule has 126 valence electrons. The molecule has 0 aliphatic rings. The number of carboxylic acid groups (broad SMARTS) is 1. The van der Waals surface area contributed by atoms with Crippen LogP contribution in [0.15, 0.2) is 0 Å². The van der Waals surface area contributed by atoms with Gasteiger partial charge >= 0.3 is 5.97 Å². The highest BCUT2D eigenvalue weighted by atomic mass is 32.1. The van der Waals surface area contributed by atoms with Crippen molar-refractivity contribution in [2.45, 2.75) is 31.0 Å². The number of hydrogen-bond acceptors (Lipinski definition) is 7. The number of nitrogens with one attached hydrogen (secondary N) is 2. The highest BCUT2D eigenvalue weighted by molar-refractivity contribution is 7.80. The van der Waals surface area contributed by atoms with Gasteiger partial charge in [0.25, 0.3) is 0 Å². The van der Waals surface area contributed by atoms with Crippen LogP contribution in [0.1, 0.15) is 12.8 Å². The molecule has 0 rings (SSSR count). The molecule has 9 nitrogen and oxygen atoms in total. The highest BCUT2D eigenvalue weighted by Gasteiger charge is 2.27. The largest absolute Gasteiger partial charge is 0.480 e. The fourth-order valence-corrected chi connectivity index (χ4v) is 1.79. The molecule has 7 N–H and O–H groups in total. The topological polar surface area (TPSA) is 165 Å². The number of nitrogens with two attached hydrogens (primary N) is 2. The highest BCUT2D eigenvalue weighted by Crippen LogP contribution is 2.00. The second-order valence-electron chi connectivity index (χ2n) is 4.44. The quantitative estimate of drug-likeness (QED) is 0.215. The standard InChI is InChI=1S/C11H20N4O5S2/c12-5(3-21)9(17)15-7(4-22)10(18)14-6(11(19)20)1-2-8(13)16/h5-7,21-22H,1-4,12H2,(H2,13,16)(H,14,18)(H,15,17)(H,19,20)/t5-,6-,7-/m0/s1. The molecule has 0 spiro atoms. The third kappa shape index (κ3) is 7.52. The van der Waals surface area contributed by atoms with Gasteiger partial charge in [-0.1, -0.05) is 0 Å². The summed E-state index contributed by atoms with van der Waals surface area (Å²) in [6, 6.07) is -3.25. The molecule has 0 radical (unpaired) electrons. The van der Waals surface area contributed by atoms with E-state index in [1.165, 1.54) is 0 Å². The maximum absolute atomic E-state index is 12.0. The maximum Gasteiger partial charge on any atom is 0.326 e. The molecular formula is C11H20N4O5S2. The van der Waals surface area contributed by atoms with E-state index in [2.05, 4.69) is 35.9 Å². The van der Waals surface area contributed by atoms with Crippen molar-refractivity contribution < 1.29 is 24.3 Å². The summed E-state index contributed by atoms with van der Waals surface area (Å²) < 4.78 is 0. The summed E-state index contributed by atoms with van der Waals surface area (Å²) in [5.74, 6) is -3.31. The van der Waals surface area contributed by atoms with Crippen molar-refractivity contribution >= 4 is 48.9 Å². The lowest BCUT2D eigenvalue weighted by molar-refractivity contribution is -0.142. The molecule has 11 heteroatoms. The molecule has 0 saturated carbocycles. The number of aliphatic carboxylic acids is 1. The molecule has 0 fully saturated rings. The number of carboxylic acids is 1. The summed E-state index contributed by atoms with van der Waals surface area (Å²) in [6.45, 7) is 0. The second kappa shape index (κ2) is 10.3. The van der Waals surface area contributed by atoms with Crippen LogP contribution in [-0.2, 0) is 19.2 Å². The Balaban J connectivity index is 4.70. The molecular weight excluding hydrogens is 332 g/mol. The van der Waals surface area contributed by atoms with Gasteiger partial charge in [-0.3, -0.25) is 14.4 Å². The van der Waals surface area contributed by atoms with Crippen molar-refractivity contribution in [3.05, 3.63) is 0 Å². The Morgan fingerprint density at radius 1 is 1.00 bits per heavy atom. The average Bonchev–Trinajstić information content (AvgIpc) is 2.46. The van der Waals surface area contributed by atoms with Crippen molar-refractivity contribution in [1.29, 1.82) is 0 Å². The summed E-state index contributed by atoms with van der Waals surface area (Å²) in [6.07, 6.45) is -0.348. The summed E-state index contributed by atoms with van der Waals surface area (Å²) in [4.78, 5) is 45.3. The van der Waals surface area contributed by atoms with Crippen molar-refractivity contribution in [2.75, 3.05) is 11.5 Å². The van der Waals surface area contributed by atoms with Crippen LogP contribution in [0.5, 0.6) is 0 Å². The SMILES string of the molecule is NC(=O)CC[C@H](NC(=O)[C@H](CS)NC(=O)[C@@H](N)CS)C(=O)O. The van der Waals surface area contributed by atoms with E-state index in [-0.39, 0.29) is 24.3 Å². The summed E-state index contributed by atoms with van der Waals surface area (Å²) >= 11 is 7.79. The van der Waals surface area contributed by atoms with Crippen LogP contribution in [0.2, 0.25) is 0 Å². The zero-order valence-electron chi connectivity index (χ0n) is 11.7. The van der Waals surface area contributed by atoms with E-state index in [9.17, 15) is 19.2 Å². The van der Waals surface area contributed by atoms with Gasteiger partial charge in [0.05, 0.1) is 6.04 Å². The predicted octanol–water partition coefficient (Wildman–Crippen LogP) is -2.51. The Kier molecular flexibility index (Phi) is 9.61. The normalized spacial score (nSPS) is 14.5. The molecule has 0 aliphatic carbocycles. The Hall–Kier alpha value is -1.46. The molecule has 0 aromatic carbocycles. The molecule has 0 aliphatic heterocycles. The lowest BCUT2D eigenvalue weighted by Gasteiger charge is -2.21. The molecule has 0 aromatic heterocycles. The third-order valence-electron chi connectivity index (χ3n) is 2.64. The fraction of sp³-hybridized carbons (Fsp3) is 0.636. The van der Waals surface area contributed by atoms with Gasteiger partial charge in [-0.15, -0.1) is 0 Å². The Morgan fingerprint density at radius 3 is 1.95 bits per heavy atom. The van der Waals surface area contributed by atoms with Gasteiger partial charge in [0.1, 0.15) is 12.1 Å². The fourth-order valence-electron chi connectivity index (χ4n) is 1.37. The van der Waals surface area contributed by atoms with Crippen LogP contribution in [0.3, 0.4) is 0 Å². The van der Waals surface area contributed by atoms with Crippen molar-refractivity contribution in [2.24, 2.45) is 11.5 Å². The first-order valence-corrected chi connectivity index (χ1v) is 7.58. The summed E-state index contributed by atoms with van der Waals surface area (Å²) in [5, 5.41) is 13.6. The van der Waals surface area contributed by atoms with Crippen LogP contribution >= 0.6 is 25.3 Å². The van der Waals surface area contributed by atoms with Gasteiger partial charge in [0.15, 0.2) is 0 Å². The first-order valence-electron chi connectivity index (χ1n) is 6.32. The molecule has 0 saturated heterocycles. The summed E-state index contributed by atoms with van der Waals surface area (Å²) in [5.41, 5.74) is 10.4. The molecule has 0 heterocycles. The first-order chi connectivity index (χ1) is 10.2. The number of carbonyl (C=O) groups is 4. The molecule has 0 bridgehead atoms. The molecule has 0 aromatic rings. The Morgan fingerprint density at radius 2 is 1.55 bits per heavy atom. The van der Waals surface area contributed by atoms with Crippen LogP contribution in [0.25, 0.3) is 0 Å². The predicted molar refractivity (Wildman–Crippen MR) is 85.6 cm³/mol. The maximum atomic E-state index is 12.0. The minimum atomic E-state index is -1.31. The van der Waals surface area contributed by atoms with Crippen molar-refractivity contribution in [1.82, 2.24) is 10.6 Å². The van der Waals surface area contributed by atoms with E-state index in [0.717, 1.165) is 0 Å². The molecule has 0 unspecified atom stereocenters. The first kappa shape index (κ1) is 20.5. The van der Waals surface area contributed by atoms with E-state index in [1.54, 1.807) is 0 Å². The number of carbonyl (C=O) groups excluding carboxylic acids is 3. The van der Waals surface area contributed by atoms with E-state index in [1.807, 2.05) is 0 Å². The Bertz CT molecular complexity index is 435. The summed E-state index contributed by atoms with van der Waals surface area (Å²) in [7, 11) is 0. The smallest absolute Gasteiger partial charge is 0.326 e. The third-order valence-corrected chi connectivity index (χ3v) is 3.40. The van der Waals surface area contributed by atoms with Crippen LogP contribution in [0, 0.1) is 0 Å². The number of thiol groups is 2. The second-order valence-corrected chi connectivity index (χ2v) is 5.17. The zero-order valence-corrected chi connectivity index (χ0v) is 13.5. The van der Waals surface area contributed by atoms with Crippen LogP contribution in [0.4, 0.5) is 0 Å². The minimum Gasteiger partial charge on any atom is -0.480 e. The molecule has 3 amide bonds. The van der Waals surface area contributed by atoms with Gasteiger partial charge < -0.3 is 27.2 Å². The van der Waals surface area contributed by atoms with Crippen LogP contribution < -0.4 is 22.1 Å². The average molecular weight is 352 g/mol. The van der Waals surface area contributed by atoms with Gasteiger partial charge in [0, 0.05) is 17.9 Å². The van der Waals surface area contributed by atoms with E-state index in [0.29, 0.717) is 0 Å². The molecule has 3 atom stereocenters. The lowest BCUT2D eigenvalue weighted by Crippen LogP contribution is -2.55. The lowest BCUT2D eigenvalue weighted by atomic mass is 10.1. The van der Waals surface area contributed by atoms with Gasteiger partial charge in [-0.2, -0.15) is 25.3 Å². The van der Waals surface area contributed by atoms with Crippen molar-refractivity contribution in [3.63, 3.8) is 0 Å². The van der Waals surface area contributed by atoms with E-state index < -0.39 is 41.8 Å². The van der Waals surface area contributed by atoms with Crippen LogP contribution in [-0.4, -0.2) is 58.4 Å². The monoisotopic (exact) mass is 352 g/mol. The minimum absolute atomic E-state index is 0.0565. The number of rotatable bonds is 10. The Labute approximate surface area is 138 Å². The van der Waals surface area contributed by atoms with Crippen molar-refractivity contribution in [3.8, 4) is 0 Å². The number of primary amides is 1. The van der Waals surface area contributed by atoms with E-state index in [4.69, 9.17) is 16.6 Å². The number of hydrogen-bond donors (Lipinski definition) is 7. The van der Waals surface area contributed by atoms with Gasteiger partial charge in [0.2, 0.25) is 17.7 Å². The molecule has 22 heavy (non-hydrogen) atoms. The van der Waals surface area contributed by atoms with Gasteiger partial charge in [-0.05, 0) is 6.42 Å². The van der Waals surface area contributed by atoms with Gasteiger partial charge in [-0.25, -0.2) is 4.79 Å². The van der Waals surface area contributed by atoms with E-state index >= 15 is 0 Å². The number of amides is 3.